The van der Waals surface area contributed by atoms with Gasteiger partial charge in [0.15, 0.2) is 5.75 Å². The predicted octanol–water partition coefficient (Wildman–Crippen LogP) is 7.21. The first-order valence-corrected chi connectivity index (χ1v) is 12.8. The largest absolute Gasteiger partial charge is 0.507 e. The monoisotopic (exact) mass is 559 g/mol. The Morgan fingerprint density at radius 2 is 1.46 bits per heavy atom. The van der Waals surface area contributed by atoms with Gasteiger partial charge >= 0.3 is 0 Å². The van der Waals surface area contributed by atoms with Crippen LogP contribution in [0.5, 0.6) is 11.5 Å². The third-order valence-electron chi connectivity index (χ3n) is 6.40. The van der Waals surface area contributed by atoms with Gasteiger partial charge in [0.05, 0.1) is 28.8 Å². The van der Waals surface area contributed by atoms with Crippen LogP contribution in [-0.2, 0) is 16.2 Å². The summed E-state index contributed by atoms with van der Waals surface area (Å²) in [6, 6.07) is 27.6. The molecule has 1 aliphatic heterocycles. The number of carbonyl (C=O) groups is 2. The number of carbonyl (C=O) groups excluding carboxylic acids is 2. The SMILES string of the molecule is COc1c(Cl)cc(/C(O)=C2\C(=O)C(=O)N(c3ccccc3)C2c2ccc(OCc3ccccc3)cc2)cc1Cl. The highest BCUT2D eigenvalue weighted by molar-refractivity contribution is 6.51. The van der Waals surface area contributed by atoms with Crippen LogP contribution in [0, 0.1) is 0 Å². The first-order valence-electron chi connectivity index (χ1n) is 12.0. The van der Waals surface area contributed by atoms with Crippen LogP contribution < -0.4 is 14.4 Å². The second kappa shape index (κ2) is 11.2. The molecule has 5 rings (SSSR count). The number of halogens is 2. The molecule has 0 saturated carbocycles. The first-order chi connectivity index (χ1) is 18.9. The van der Waals surface area contributed by atoms with Gasteiger partial charge in [-0.25, -0.2) is 0 Å². The fourth-order valence-electron chi connectivity index (χ4n) is 4.54. The van der Waals surface area contributed by atoms with E-state index in [4.69, 9.17) is 32.7 Å². The molecule has 4 aromatic carbocycles. The summed E-state index contributed by atoms with van der Waals surface area (Å²) < 4.78 is 11.1. The lowest BCUT2D eigenvalue weighted by Gasteiger charge is -2.25. The number of nitrogens with zero attached hydrogens (tertiary/aromatic N) is 1. The maximum Gasteiger partial charge on any atom is 0.300 e. The molecule has 6 nitrogen and oxygen atoms in total. The number of para-hydroxylation sites is 1. The van der Waals surface area contributed by atoms with Crippen molar-refractivity contribution >= 4 is 46.3 Å². The Kier molecular flexibility index (Phi) is 7.59. The van der Waals surface area contributed by atoms with Crippen molar-refractivity contribution in [3.63, 3.8) is 0 Å². The second-order valence-corrected chi connectivity index (χ2v) is 9.64. The lowest BCUT2D eigenvalue weighted by molar-refractivity contribution is -0.132. The molecule has 1 fully saturated rings. The summed E-state index contributed by atoms with van der Waals surface area (Å²) in [6.07, 6.45) is 0. The molecule has 0 bridgehead atoms. The van der Waals surface area contributed by atoms with E-state index in [0.717, 1.165) is 5.56 Å². The van der Waals surface area contributed by atoms with Crippen LogP contribution in [0.4, 0.5) is 5.69 Å². The molecule has 1 saturated heterocycles. The lowest BCUT2D eigenvalue weighted by atomic mass is 9.95. The molecule has 1 aliphatic rings. The summed E-state index contributed by atoms with van der Waals surface area (Å²) in [6.45, 7) is 0.391. The number of aliphatic hydroxyl groups excluding tert-OH is 1. The van der Waals surface area contributed by atoms with Crippen LogP contribution in [0.2, 0.25) is 10.0 Å². The number of ketones is 1. The summed E-state index contributed by atoms with van der Waals surface area (Å²) in [5.74, 6) is -1.13. The molecule has 0 radical (unpaired) electrons. The minimum absolute atomic E-state index is 0.0842. The van der Waals surface area contributed by atoms with E-state index < -0.39 is 23.5 Å². The van der Waals surface area contributed by atoms with Gasteiger partial charge in [0.2, 0.25) is 0 Å². The van der Waals surface area contributed by atoms with Gasteiger partial charge in [-0.15, -0.1) is 0 Å². The van der Waals surface area contributed by atoms with E-state index in [1.807, 2.05) is 36.4 Å². The molecule has 4 aromatic rings. The van der Waals surface area contributed by atoms with E-state index in [-0.39, 0.29) is 26.9 Å². The normalized spacial score (nSPS) is 16.4. The molecular weight excluding hydrogens is 537 g/mol. The fourth-order valence-corrected chi connectivity index (χ4v) is 5.18. The quantitative estimate of drug-likeness (QED) is 0.147. The molecule has 1 N–H and O–H groups in total. The van der Waals surface area contributed by atoms with Gasteiger partial charge in [-0.2, -0.15) is 0 Å². The number of aliphatic hydroxyl groups is 1. The van der Waals surface area contributed by atoms with Crippen molar-refractivity contribution in [1.82, 2.24) is 0 Å². The third-order valence-corrected chi connectivity index (χ3v) is 6.96. The molecule has 1 heterocycles. The van der Waals surface area contributed by atoms with E-state index in [2.05, 4.69) is 0 Å². The average molecular weight is 560 g/mol. The number of ether oxygens (including phenoxy) is 2. The van der Waals surface area contributed by atoms with E-state index in [1.165, 1.54) is 24.1 Å². The molecule has 196 valence electrons. The second-order valence-electron chi connectivity index (χ2n) is 8.82. The number of amides is 1. The number of benzene rings is 4. The highest BCUT2D eigenvalue weighted by atomic mass is 35.5. The Labute approximate surface area is 235 Å². The molecule has 1 unspecified atom stereocenters. The van der Waals surface area contributed by atoms with Crippen LogP contribution in [0.25, 0.3) is 5.76 Å². The number of hydrogen-bond donors (Lipinski definition) is 1. The summed E-state index contributed by atoms with van der Waals surface area (Å²) in [7, 11) is 1.42. The van der Waals surface area contributed by atoms with Gasteiger partial charge < -0.3 is 14.6 Å². The van der Waals surface area contributed by atoms with Crippen LogP contribution in [0.1, 0.15) is 22.7 Å². The maximum absolute atomic E-state index is 13.4. The Balaban J connectivity index is 1.58. The number of rotatable bonds is 7. The Morgan fingerprint density at radius 3 is 2.05 bits per heavy atom. The number of anilines is 1. The van der Waals surface area contributed by atoms with Gasteiger partial charge in [-0.3, -0.25) is 14.5 Å². The van der Waals surface area contributed by atoms with Crippen molar-refractivity contribution in [1.29, 1.82) is 0 Å². The number of hydrogen-bond acceptors (Lipinski definition) is 5. The van der Waals surface area contributed by atoms with Crippen molar-refractivity contribution in [2.24, 2.45) is 0 Å². The van der Waals surface area contributed by atoms with E-state index >= 15 is 0 Å². The van der Waals surface area contributed by atoms with Crippen molar-refractivity contribution < 1.29 is 24.2 Å². The highest BCUT2D eigenvalue weighted by Crippen LogP contribution is 2.44. The van der Waals surface area contributed by atoms with Gasteiger partial charge in [-0.05, 0) is 47.5 Å². The van der Waals surface area contributed by atoms with E-state index in [0.29, 0.717) is 23.6 Å². The summed E-state index contributed by atoms with van der Waals surface area (Å²) in [4.78, 5) is 28.1. The average Bonchev–Trinajstić information content (AvgIpc) is 3.22. The minimum Gasteiger partial charge on any atom is -0.507 e. The molecule has 1 amide bonds. The first kappa shape index (κ1) is 26.4. The van der Waals surface area contributed by atoms with Crippen molar-refractivity contribution in [2.75, 3.05) is 12.0 Å². The van der Waals surface area contributed by atoms with Crippen LogP contribution in [0.3, 0.4) is 0 Å². The van der Waals surface area contributed by atoms with Gasteiger partial charge in [0.25, 0.3) is 11.7 Å². The summed E-state index contributed by atoms with van der Waals surface area (Å²) in [5.41, 5.74) is 2.25. The van der Waals surface area contributed by atoms with Gasteiger partial charge in [-0.1, -0.05) is 83.9 Å². The van der Waals surface area contributed by atoms with Crippen molar-refractivity contribution in [3.8, 4) is 11.5 Å². The molecule has 8 heteroatoms. The highest BCUT2D eigenvalue weighted by Gasteiger charge is 2.47. The van der Waals surface area contributed by atoms with Crippen molar-refractivity contribution in [3.05, 3.63) is 129 Å². The molecule has 1 atom stereocenters. The zero-order chi connectivity index (χ0) is 27.5. The summed E-state index contributed by atoms with van der Waals surface area (Å²) in [5, 5.41) is 11.7. The number of Topliss-reactive ketones (excluding diaryl/α,β-unsaturated/α-hetero) is 1. The fraction of sp³-hybridized carbons (Fsp3) is 0.0968. The molecule has 39 heavy (non-hydrogen) atoms. The lowest BCUT2D eigenvalue weighted by Crippen LogP contribution is -2.29. The van der Waals surface area contributed by atoms with Gasteiger partial charge in [0, 0.05) is 11.3 Å². The Morgan fingerprint density at radius 1 is 0.872 bits per heavy atom. The van der Waals surface area contributed by atoms with Crippen LogP contribution in [0.15, 0.2) is 103 Å². The van der Waals surface area contributed by atoms with E-state index in [1.54, 1.807) is 48.5 Å². The molecule has 0 spiro atoms. The zero-order valence-electron chi connectivity index (χ0n) is 20.8. The van der Waals surface area contributed by atoms with Crippen LogP contribution in [-0.4, -0.2) is 23.9 Å². The smallest absolute Gasteiger partial charge is 0.300 e. The standard InChI is InChI=1S/C31H23Cl2NO5/c1-38-30-24(32)16-21(17-25(30)33)28(35)26-27(34(31(37)29(26)36)22-10-6-3-7-11-22)20-12-14-23(15-13-20)39-18-19-8-4-2-5-9-19/h2-17,27,35H,18H2,1H3/b28-26+. The Bertz CT molecular complexity index is 1530. The van der Waals surface area contributed by atoms with Crippen LogP contribution >= 0.6 is 23.2 Å². The topological polar surface area (TPSA) is 76.1 Å². The van der Waals surface area contributed by atoms with Crippen molar-refractivity contribution in [2.45, 2.75) is 12.6 Å². The summed E-state index contributed by atoms with van der Waals surface area (Å²) >= 11 is 12.6. The molecular formula is C31H23Cl2NO5. The predicted molar refractivity (Wildman–Crippen MR) is 151 cm³/mol. The van der Waals surface area contributed by atoms with Gasteiger partial charge in [0.1, 0.15) is 18.1 Å². The zero-order valence-corrected chi connectivity index (χ0v) is 22.3. The Hall–Kier alpha value is -4.26. The minimum atomic E-state index is -0.907. The number of methoxy groups -OCH3 is 1. The van der Waals surface area contributed by atoms with E-state index in [9.17, 15) is 14.7 Å². The molecule has 0 aliphatic carbocycles. The third kappa shape index (κ3) is 5.21. The maximum atomic E-state index is 13.4. The molecule has 0 aromatic heterocycles.